The minimum Gasteiger partial charge on any atom is -0.452 e. The fourth-order valence-corrected chi connectivity index (χ4v) is 1.79. The van der Waals surface area contributed by atoms with Crippen LogP contribution in [0, 0.1) is 10.1 Å². The Labute approximate surface area is 117 Å². The Hall–Kier alpha value is -2.05. The predicted molar refractivity (Wildman–Crippen MR) is 69.8 cm³/mol. The van der Waals surface area contributed by atoms with Crippen LogP contribution in [-0.2, 0) is 0 Å². The molecule has 0 spiro atoms. The van der Waals surface area contributed by atoms with Gasteiger partial charge < -0.3 is 9.73 Å². The number of rotatable bonds is 3. The number of benzene rings is 1. The van der Waals surface area contributed by atoms with Gasteiger partial charge in [0.25, 0.3) is 11.6 Å². The molecule has 0 aliphatic heterocycles. The average molecular weight is 301 g/mol. The largest absolute Gasteiger partial charge is 0.452 e. The van der Waals surface area contributed by atoms with Crippen molar-refractivity contribution in [3.63, 3.8) is 0 Å². The summed E-state index contributed by atoms with van der Waals surface area (Å²) in [4.78, 5) is 21.8. The van der Waals surface area contributed by atoms with Crippen molar-refractivity contribution < 1.29 is 14.1 Å². The van der Waals surface area contributed by atoms with Crippen molar-refractivity contribution >= 4 is 40.5 Å². The highest BCUT2D eigenvalue weighted by molar-refractivity contribution is 6.35. The van der Waals surface area contributed by atoms with Gasteiger partial charge in [-0.25, -0.2) is 0 Å². The summed E-state index contributed by atoms with van der Waals surface area (Å²) in [6.07, 6.45) is 1.27. The van der Waals surface area contributed by atoms with Crippen LogP contribution < -0.4 is 5.32 Å². The van der Waals surface area contributed by atoms with Crippen LogP contribution in [0.2, 0.25) is 10.2 Å². The lowest BCUT2D eigenvalue weighted by Gasteiger charge is -2.05. The zero-order valence-corrected chi connectivity index (χ0v) is 10.7. The van der Waals surface area contributed by atoms with Crippen molar-refractivity contribution in [2.75, 3.05) is 5.32 Å². The Kier molecular flexibility index (Phi) is 3.73. The van der Waals surface area contributed by atoms with Gasteiger partial charge in [0.05, 0.1) is 27.5 Å². The number of hydrogen-bond acceptors (Lipinski definition) is 4. The third-order valence-electron chi connectivity index (χ3n) is 2.27. The van der Waals surface area contributed by atoms with E-state index in [9.17, 15) is 14.9 Å². The quantitative estimate of drug-likeness (QED) is 0.691. The van der Waals surface area contributed by atoms with Gasteiger partial charge in [-0.3, -0.25) is 14.9 Å². The SMILES string of the molecule is O=C(Nc1ccc([N+](=O)[O-])cc1Cl)c1ccoc1Cl. The summed E-state index contributed by atoms with van der Waals surface area (Å²) in [5.74, 6) is -0.519. The summed E-state index contributed by atoms with van der Waals surface area (Å²) in [7, 11) is 0. The summed E-state index contributed by atoms with van der Waals surface area (Å²) in [5, 5.41) is 13.0. The molecule has 0 saturated heterocycles. The van der Waals surface area contributed by atoms with Crippen molar-refractivity contribution in [3.8, 4) is 0 Å². The smallest absolute Gasteiger partial charge is 0.271 e. The van der Waals surface area contributed by atoms with E-state index in [-0.39, 0.29) is 27.2 Å². The van der Waals surface area contributed by atoms with E-state index >= 15 is 0 Å². The molecule has 0 aliphatic rings. The maximum atomic E-state index is 11.8. The maximum absolute atomic E-state index is 11.8. The number of carbonyl (C=O) groups is 1. The van der Waals surface area contributed by atoms with Crippen LogP contribution in [0.5, 0.6) is 0 Å². The molecular formula is C11H6Cl2N2O4. The van der Waals surface area contributed by atoms with Crippen molar-refractivity contribution in [2.45, 2.75) is 0 Å². The van der Waals surface area contributed by atoms with Crippen molar-refractivity contribution in [1.29, 1.82) is 0 Å². The summed E-state index contributed by atoms with van der Waals surface area (Å²) in [6, 6.07) is 5.12. The van der Waals surface area contributed by atoms with Gasteiger partial charge in [0.1, 0.15) is 0 Å². The van der Waals surface area contributed by atoms with Gasteiger partial charge in [-0.05, 0) is 23.7 Å². The summed E-state index contributed by atoms with van der Waals surface area (Å²) >= 11 is 11.5. The number of nitro benzene ring substituents is 1. The molecule has 0 aliphatic carbocycles. The Balaban J connectivity index is 2.23. The number of halogens is 2. The molecule has 6 nitrogen and oxygen atoms in total. The second-order valence-corrected chi connectivity index (χ2v) is 4.23. The fourth-order valence-electron chi connectivity index (χ4n) is 1.36. The molecule has 8 heteroatoms. The second kappa shape index (κ2) is 5.29. The van der Waals surface area contributed by atoms with E-state index in [1.165, 1.54) is 24.5 Å². The predicted octanol–water partition coefficient (Wildman–Crippen LogP) is 3.75. The first kappa shape index (κ1) is 13.4. The van der Waals surface area contributed by atoms with Gasteiger partial charge in [0.2, 0.25) is 5.22 Å². The molecule has 0 radical (unpaired) electrons. The van der Waals surface area contributed by atoms with Crippen LogP contribution >= 0.6 is 23.2 Å². The van der Waals surface area contributed by atoms with E-state index < -0.39 is 10.8 Å². The van der Waals surface area contributed by atoms with E-state index in [0.29, 0.717) is 0 Å². The van der Waals surface area contributed by atoms with Crippen LogP contribution in [0.15, 0.2) is 34.9 Å². The highest BCUT2D eigenvalue weighted by Gasteiger charge is 2.16. The van der Waals surface area contributed by atoms with Crippen LogP contribution in [0.3, 0.4) is 0 Å². The van der Waals surface area contributed by atoms with Gasteiger partial charge in [-0.1, -0.05) is 11.6 Å². The minimum atomic E-state index is -0.579. The van der Waals surface area contributed by atoms with Crippen LogP contribution in [-0.4, -0.2) is 10.8 Å². The first-order valence-electron chi connectivity index (χ1n) is 4.97. The van der Waals surface area contributed by atoms with Crippen molar-refractivity contribution in [2.24, 2.45) is 0 Å². The number of furan rings is 1. The van der Waals surface area contributed by atoms with E-state index in [2.05, 4.69) is 5.32 Å². The highest BCUT2D eigenvalue weighted by atomic mass is 35.5. The number of hydrogen-bond donors (Lipinski definition) is 1. The molecule has 1 heterocycles. The molecule has 0 fully saturated rings. The third kappa shape index (κ3) is 2.86. The monoisotopic (exact) mass is 300 g/mol. The molecular weight excluding hydrogens is 295 g/mol. The minimum absolute atomic E-state index is 0.0458. The molecule has 1 aromatic carbocycles. The lowest BCUT2D eigenvalue weighted by atomic mass is 10.2. The van der Waals surface area contributed by atoms with Gasteiger partial charge in [0.15, 0.2) is 0 Å². The Morgan fingerprint density at radius 1 is 1.32 bits per heavy atom. The summed E-state index contributed by atoms with van der Waals surface area (Å²) in [6.45, 7) is 0. The van der Waals surface area contributed by atoms with Gasteiger partial charge in [-0.2, -0.15) is 0 Å². The molecule has 1 aromatic heterocycles. The first-order valence-corrected chi connectivity index (χ1v) is 5.73. The Morgan fingerprint density at radius 2 is 2.05 bits per heavy atom. The van der Waals surface area contributed by atoms with E-state index in [1.54, 1.807) is 0 Å². The van der Waals surface area contributed by atoms with Crippen molar-refractivity contribution in [1.82, 2.24) is 0 Å². The molecule has 2 rings (SSSR count). The van der Waals surface area contributed by atoms with Gasteiger partial charge in [-0.15, -0.1) is 0 Å². The number of nitro groups is 1. The fraction of sp³-hybridized carbons (Fsp3) is 0. The normalized spacial score (nSPS) is 10.2. The van der Waals surface area contributed by atoms with Gasteiger partial charge in [0, 0.05) is 12.1 Å². The Morgan fingerprint density at radius 3 is 2.58 bits per heavy atom. The number of nitrogens with one attached hydrogen (secondary N) is 1. The summed E-state index contributed by atoms with van der Waals surface area (Å²) < 4.78 is 4.79. The maximum Gasteiger partial charge on any atom is 0.271 e. The second-order valence-electron chi connectivity index (χ2n) is 3.48. The average Bonchev–Trinajstić information content (AvgIpc) is 2.77. The van der Waals surface area contributed by atoms with E-state index in [0.717, 1.165) is 6.07 Å². The number of non-ortho nitro benzene ring substituents is 1. The highest BCUT2D eigenvalue weighted by Crippen LogP contribution is 2.27. The van der Waals surface area contributed by atoms with Crippen LogP contribution in [0.4, 0.5) is 11.4 Å². The zero-order valence-electron chi connectivity index (χ0n) is 9.22. The first-order chi connectivity index (χ1) is 8.99. The molecule has 19 heavy (non-hydrogen) atoms. The molecule has 98 valence electrons. The van der Waals surface area contributed by atoms with Crippen LogP contribution in [0.25, 0.3) is 0 Å². The lowest BCUT2D eigenvalue weighted by Crippen LogP contribution is -2.11. The number of anilines is 1. The third-order valence-corrected chi connectivity index (χ3v) is 2.88. The molecule has 0 atom stereocenters. The molecule has 1 amide bonds. The lowest BCUT2D eigenvalue weighted by molar-refractivity contribution is -0.384. The standard InChI is InChI=1S/C11H6Cl2N2O4/c12-8-5-6(15(17)18)1-2-9(8)14-11(16)7-3-4-19-10(7)13/h1-5H,(H,14,16). The van der Waals surface area contributed by atoms with E-state index in [4.69, 9.17) is 27.6 Å². The van der Waals surface area contributed by atoms with Crippen LogP contribution in [0.1, 0.15) is 10.4 Å². The molecule has 0 unspecified atom stereocenters. The van der Waals surface area contributed by atoms with E-state index in [1.807, 2.05) is 0 Å². The molecule has 0 saturated carbocycles. The van der Waals surface area contributed by atoms with Crippen molar-refractivity contribution in [3.05, 3.63) is 56.4 Å². The zero-order chi connectivity index (χ0) is 14.0. The topological polar surface area (TPSA) is 85.4 Å². The molecule has 0 bridgehead atoms. The van der Waals surface area contributed by atoms with Gasteiger partial charge >= 0.3 is 0 Å². The Bertz CT molecular complexity index is 654. The number of carbonyl (C=O) groups excluding carboxylic acids is 1. The summed E-state index contributed by atoms with van der Waals surface area (Å²) in [5.41, 5.74) is 0.231. The number of amides is 1. The molecule has 1 N–H and O–H groups in total. The molecule has 2 aromatic rings. The number of nitrogens with zero attached hydrogens (tertiary/aromatic N) is 1.